The van der Waals surface area contributed by atoms with Gasteiger partial charge in [0, 0.05) is 32.4 Å². The Labute approximate surface area is 123 Å². The summed E-state index contributed by atoms with van der Waals surface area (Å²) in [6, 6.07) is 8.67. The topological polar surface area (TPSA) is 24.5 Å². The second-order valence-corrected chi connectivity index (χ2v) is 6.17. The molecule has 3 nitrogen and oxygen atoms in total. The third-order valence-corrected chi connectivity index (χ3v) is 3.77. The lowest BCUT2D eigenvalue weighted by Crippen LogP contribution is -2.30. The van der Waals surface area contributed by atoms with Gasteiger partial charge in [0.15, 0.2) is 0 Å². The molecule has 0 bridgehead atoms. The van der Waals surface area contributed by atoms with Gasteiger partial charge >= 0.3 is 0 Å². The van der Waals surface area contributed by atoms with Crippen LogP contribution in [-0.2, 0) is 11.3 Å². The van der Waals surface area contributed by atoms with Crippen molar-refractivity contribution in [3.63, 3.8) is 0 Å². The highest BCUT2D eigenvalue weighted by Gasteiger charge is 2.18. The van der Waals surface area contributed by atoms with Crippen molar-refractivity contribution in [1.82, 2.24) is 5.32 Å². The summed E-state index contributed by atoms with van der Waals surface area (Å²) >= 11 is 0. The lowest BCUT2D eigenvalue weighted by atomic mass is 10.1. The maximum absolute atomic E-state index is 5.74. The zero-order valence-corrected chi connectivity index (χ0v) is 13.1. The third kappa shape index (κ3) is 4.50. The molecule has 1 aromatic carbocycles. The first-order valence-electron chi connectivity index (χ1n) is 7.78. The maximum atomic E-state index is 5.74. The van der Waals surface area contributed by atoms with Crippen molar-refractivity contribution < 1.29 is 4.74 Å². The fourth-order valence-electron chi connectivity index (χ4n) is 2.72. The summed E-state index contributed by atoms with van der Waals surface area (Å²) in [4.78, 5) is 2.34. The Morgan fingerprint density at radius 3 is 2.85 bits per heavy atom. The molecule has 3 heteroatoms. The summed E-state index contributed by atoms with van der Waals surface area (Å²) < 4.78 is 5.74. The molecule has 0 saturated carbocycles. The first-order valence-corrected chi connectivity index (χ1v) is 7.78. The zero-order valence-electron chi connectivity index (χ0n) is 13.1. The second kappa shape index (κ2) is 7.65. The average Bonchev–Trinajstić information content (AvgIpc) is 2.91. The summed E-state index contributed by atoms with van der Waals surface area (Å²) in [7, 11) is 2.17. The van der Waals surface area contributed by atoms with Crippen LogP contribution in [0.25, 0.3) is 0 Å². The smallest absolute Gasteiger partial charge is 0.0750 e. The van der Waals surface area contributed by atoms with Crippen molar-refractivity contribution in [2.45, 2.75) is 39.3 Å². The van der Waals surface area contributed by atoms with Crippen LogP contribution in [0.15, 0.2) is 24.3 Å². The van der Waals surface area contributed by atoms with E-state index >= 15 is 0 Å². The molecule has 1 saturated heterocycles. The Morgan fingerprint density at radius 1 is 1.35 bits per heavy atom. The van der Waals surface area contributed by atoms with E-state index in [0.717, 1.165) is 26.2 Å². The predicted molar refractivity (Wildman–Crippen MR) is 85.2 cm³/mol. The number of nitrogens with one attached hydrogen (secondary N) is 1. The molecule has 0 spiro atoms. The van der Waals surface area contributed by atoms with Crippen molar-refractivity contribution in [2.24, 2.45) is 5.92 Å². The van der Waals surface area contributed by atoms with Crippen LogP contribution >= 0.6 is 0 Å². The molecule has 0 aliphatic carbocycles. The summed E-state index contributed by atoms with van der Waals surface area (Å²) in [5.74, 6) is 0.687. The van der Waals surface area contributed by atoms with Crippen LogP contribution in [0, 0.1) is 5.92 Å². The molecule has 1 fully saturated rings. The summed E-state index contributed by atoms with van der Waals surface area (Å²) in [6.45, 7) is 8.39. The molecule has 20 heavy (non-hydrogen) atoms. The van der Waals surface area contributed by atoms with Gasteiger partial charge in [0.25, 0.3) is 0 Å². The molecular formula is C17H28N2O. The van der Waals surface area contributed by atoms with Crippen LogP contribution in [0.2, 0.25) is 0 Å². The highest BCUT2D eigenvalue weighted by Crippen LogP contribution is 2.22. The van der Waals surface area contributed by atoms with E-state index in [0.29, 0.717) is 12.0 Å². The van der Waals surface area contributed by atoms with Crippen LogP contribution in [0.3, 0.4) is 0 Å². The summed E-state index contributed by atoms with van der Waals surface area (Å²) in [5.41, 5.74) is 2.69. The lowest BCUT2D eigenvalue weighted by molar-refractivity contribution is 0.116. The van der Waals surface area contributed by atoms with E-state index in [1.54, 1.807) is 0 Å². The van der Waals surface area contributed by atoms with Crippen LogP contribution in [0.1, 0.15) is 32.3 Å². The molecule has 112 valence electrons. The van der Waals surface area contributed by atoms with E-state index in [1.165, 1.54) is 24.1 Å². The number of likely N-dealkylation sites (N-methyl/N-ethyl adjacent to an activating group) is 1. The number of hydrogen-bond acceptors (Lipinski definition) is 3. The lowest BCUT2D eigenvalue weighted by Gasteiger charge is -2.25. The Bertz CT molecular complexity index is 400. The number of hydrogen-bond donors (Lipinski definition) is 1. The molecule has 2 rings (SSSR count). The van der Waals surface area contributed by atoms with E-state index in [4.69, 9.17) is 4.74 Å². The van der Waals surface area contributed by atoms with Crippen molar-refractivity contribution in [2.75, 3.05) is 31.6 Å². The molecule has 1 N–H and O–H groups in total. The van der Waals surface area contributed by atoms with Gasteiger partial charge in [-0.2, -0.15) is 0 Å². The van der Waals surface area contributed by atoms with Crippen molar-refractivity contribution >= 4 is 5.69 Å². The van der Waals surface area contributed by atoms with E-state index < -0.39 is 0 Å². The van der Waals surface area contributed by atoms with E-state index in [2.05, 4.69) is 55.4 Å². The molecule has 1 unspecified atom stereocenters. The Balaban J connectivity index is 1.94. The molecule has 1 aliphatic rings. The Kier molecular flexibility index (Phi) is 5.86. The molecular weight excluding hydrogens is 248 g/mol. The standard InChI is InChI=1S/C17H28N2O/c1-14(2)11-18-12-15-7-4-5-9-17(15)19(3)13-16-8-6-10-20-16/h4-5,7,9,14,16,18H,6,8,10-13H2,1-3H3. The van der Waals surface area contributed by atoms with Crippen LogP contribution in [0.4, 0.5) is 5.69 Å². The number of benzene rings is 1. The van der Waals surface area contributed by atoms with E-state index in [-0.39, 0.29) is 0 Å². The summed E-state index contributed by atoms with van der Waals surface area (Å²) in [5, 5.41) is 3.53. The largest absolute Gasteiger partial charge is 0.376 e. The maximum Gasteiger partial charge on any atom is 0.0750 e. The normalized spacial score (nSPS) is 18.7. The first kappa shape index (κ1) is 15.3. The van der Waals surface area contributed by atoms with Gasteiger partial charge in [0.2, 0.25) is 0 Å². The van der Waals surface area contributed by atoms with E-state index in [9.17, 15) is 0 Å². The van der Waals surface area contributed by atoms with Gasteiger partial charge in [0.05, 0.1) is 6.10 Å². The fourth-order valence-corrected chi connectivity index (χ4v) is 2.72. The SMILES string of the molecule is CC(C)CNCc1ccccc1N(C)CC1CCCO1. The van der Waals surface area contributed by atoms with Crippen LogP contribution in [0.5, 0.6) is 0 Å². The number of nitrogens with zero attached hydrogens (tertiary/aromatic N) is 1. The molecule has 0 radical (unpaired) electrons. The minimum atomic E-state index is 0.400. The Morgan fingerprint density at radius 2 is 2.15 bits per heavy atom. The van der Waals surface area contributed by atoms with Gasteiger partial charge in [-0.3, -0.25) is 0 Å². The highest BCUT2D eigenvalue weighted by atomic mass is 16.5. The molecule has 1 aliphatic heterocycles. The monoisotopic (exact) mass is 276 g/mol. The summed E-state index contributed by atoms with van der Waals surface area (Å²) in [6.07, 6.45) is 2.80. The van der Waals surface area contributed by atoms with Crippen molar-refractivity contribution in [3.8, 4) is 0 Å². The quantitative estimate of drug-likeness (QED) is 0.828. The fraction of sp³-hybridized carbons (Fsp3) is 0.647. The van der Waals surface area contributed by atoms with Gasteiger partial charge in [-0.1, -0.05) is 32.0 Å². The van der Waals surface area contributed by atoms with Gasteiger partial charge < -0.3 is 15.0 Å². The Hall–Kier alpha value is -1.06. The predicted octanol–water partition coefficient (Wildman–Crippen LogP) is 3.05. The minimum absolute atomic E-state index is 0.400. The van der Waals surface area contributed by atoms with Crippen LogP contribution < -0.4 is 10.2 Å². The molecule has 0 amide bonds. The van der Waals surface area contributed by atoms with Crippen molar-refractivity contribution in [1.29, 1.82) is 0 Å². The number of para-hydroxylation sites is 1. The van der Waals surface area contributed by atoms with Gasteiger partial charge in [-0.05, 0) is 36.9 Å². The van der Waals surface area contributed by atoms with Gasteiger partial charge in [-0.15, -0.1) is 0 Å². The number of anilines is 1. The number of rotatable bonds is 7. The number of ether oxygens (including phenoxy) is 1. The zero-order chi connectivity index (χ0) is 14.4. The van der Waals surface area contributed by atoms with Crippen molar-refractivity contribution in [3.05, 3.63) is 29.8 Å². The second-order valence-electron chi connectivity index (χ2n) is 6.17. The van der Waals surface area contributed by atoms with E-state index in [1.807, 2.05) is 0 Å². The molecule has 0 aromatic heterocycles. The first-order chi connectivity index (χ1) is 9.66. The highest BCUT2D eigenvalue weighted by molar-refractivity contribution is 5.53. The molecule has 1 heterocycles. The average molecular weight is 276 g/mol. The minimum Gasteiger partial charge on any atom is -0.376 e. The third-order valence-electron chi connectivity index (χ3n) is 3.77. The van der Waals surface area contributed by atoms with Gasteiger partial charge in [0.1, 0.15) is 0 Å². The van der Waals surface area contributed by atoms with Gasteiger partial charge in [-0.25, -0.2) is 0 Å². The molecule has 1 atom stereocenters. The van der Waals surface area contributed by atoms with Crippen LogP contribution in [-0.4, -0.2) is 32.8 Å². The molecule has 1 aromatic rings.